The molecule has 17 heavy (non-hydrogen) atoms. The third-order valence-electron chi connectivity index (χ3n) is 1.71. The van der Waals surface area contributed by atoms with Gasteiger partial charge in [-0.15, -0.1) is 0 Å². The third-order valence-corrected chi connectivity index (χ3v) is 2.31. The number of ether oxygens (including phenoxy) is 1. The molecule has 0 bridgehead atoms. The average molecular weight is 301 g/mol. The second-order valence-electron chi connectivity index (χ2n) is 3.56. The summed E-state index contributed by atoms with van der Waals surface area (Å²) in [5.41, 5.74) is 0. The average Bonchev–Trinajstić information content (AvgIpc) is 2.66. The van der Waals surface area contributed by atoms with Crippen LogP contribution in [0.3, 0.4) is 0 Å². The van der Waals surface area contributed by atoms with Crippen molar-refractivity contribution in [3.05, 3.63) is 24.2 Å². The Bertz CT molecular complexity index is 359. The lowest BCUT2D eigenvalue weighted by Gasteiger charge is -2.26. The van der Waals surface area contributed by atoms with Crippen LogP contribution in [0.15, 0.2) is 22.8 Å². The molecule has 1 rings (SSSR count). The fourth-order valence-electron chi connectivity index (χ4n) is 1.06. The van der Waals surface area contributed by atoms with Crippen molar-refractivity contribution >= 4 is 40.7 Å². The van der Waals surface area contributed by atoms with E-state index in [0.29, 0.717) is 0 Å². The van der Waals surface area contributed by atoms with E-state index in [0.717, 1.165) is 0 Å². The normalized spacial score (nSPS) is 13.8. The number of alkyl halides is 3. The summed E-state index contributed by atoms with van der Waals surface area (Å²) in [6.45, 7) is 3.53. The minimum atomic E-state index is -1.76. The number of hydrogen-bond donors (Lipinski definition) is 1. The predicted molar refractivity (Wildman–Crippen MR) is 66.5 cm³/mol. The van der Waals surface area contributed by atoms with Gasteiger partial charge in [-0.1, -0.05) is 34.8 Å². The number of halogens is 3. The van der Waals surface area contributed by atoms with E-state index in [1.54, 1.807) is 19.9 Å². The number of rotatable bonds is 4. The summed E-state index contributed by atoms with van der Waals surface area (Å²) < 4.78 is 8.47. The molecular formula is C10H12Cl3NO3. The molecule has 0 aromatic carbocycles. The van der Waals surface area contributed by atoms with Gasteiger partial charge in [0.2, 0.25) is 3.79 Å². The number of amides is 1. The summed E-state index contributed by atoms with van der Waals surface area (Å²) in [6.07, 6.45) is 0.125. The summed E-state index contributed by atoms with van der Waals surface area (Å²) in [6, 6.07) is 3.09. The highest BCUT2D eigenvalue weighted by Gasteiger charge is 2.36. The third kappa shape index (κ3) is 4.76. The van der Waals surface area contributed by atoms with E-state index in [4.69, 9.17) is 44.0 Å². The summed E-state index contributed by atoms with van der Waals surface area (Å²) in [5, 5.41) is 2.44. The second-order valence-corrected chi connectivity index (χ2v) is 5.93. The minimum Gasteiger partial charge on any atom is -0.459 e. The van der Waals surface area contributed by atoms with Crippen molar-refractivity contribution in [2.45, 2.75) is 30.0 Å². The molecule has 0 aliphatic carbocycles. The lowest BCUT2D eigenvalue weighted by molar-refractivity contribution is -0.00734. The van der Waals surface area contributed by atoms with Gasteiger partial charge in [-0.3, -0.25) is 4.79 Å². The topological polar surface area (TPSA) is 51.5 Å². The van der Waals surface area contributed by atoms with Crippen molar-refractivity contribution in [2.24, 2.45) is 0 Å². The van der Waals surface area contributed by atoms with Crippen LogP contribution in [0.5, 0.6) is 0 Å². The number of furan rings is 1. The van der Waals surface area contributed by atoms with Gasteiger partial charge in [0.15, 0.2) is 12.0 Å². The molecule has 0 radical (unpaired) electrons. The van der Waals surface area contributed by atoms with Crippen molar-refractivity contribution < 1.29 is 13.9 Å². The van der Waals surface area contributed by atoms with E-state index < -0.39 is 15.9 Å². The maximum atomic E-state index is 11.7. The van der Waals surface area contributed by atoms with Crippen LogP contribution in [0.2, 0.25) is 0 Å². The standard InChI is InChI=1S/C10H12Cl3NO3/c1-6(2)17-9(10(11,12)13)14-8(15)7-4-3-5-16-7/h3-6,9H,1-2H3,(H,14,15)/t9-/m0/s1. The van der Waals surface area contributed by atoms with Gasteiger partial charge in [0.05, 0.1) is 12.4 Å². The van der Waals surface area contributed by atoms with Gasteiger partial charge in [-0.2, -0.15) is 0 Å². The van der Waals surface area contributed by atoms with Crippen LogP contribution in [0.4, 0.5) is 0 Å². The summed E-state index contributed by atoms with van der Waals surface area (Å²) >= 11 is 17.1. The molecule has 1 atom stereocenters. The lowest BCUT2D eigenvalue weighted by Crippen LogP contribution is -2.46. The Hall–Kier alpha value is -0.420. The Balaban J connectivity index is 2.70. The zero-order chi connectivity index (χ0) is 13.1. The van der Waals surface area contributed by atoms with E-state index in [-0.39, 0.29) is 11.9 Å². The predicted octanol–water partition coefficient (Wildman–Crippen LogP) is 3.13. The van der Waals surface area contributed by atoms with Crippen molar-refractivity contribution in [3.8, 4) is 0 Å². The number of nitrogens with one attached hydrogen (secondary N) is 1. The molecule has 0 aliphatic heterocycles. The zero-order valence-electron chi connectivity index (χ0n) is 9.25. The zero-order valence-corrected chi connectivity index (χ0v) is 11.5. The molecule has 0 aliphatic rings. The fraction of sp³-hybridized carbons (Fsp3) is 0.500. The SMILES string of the molecule is CC(C)O[C@H](NC(=O)c1ccco1)C(Cl)(Cl)Cl. The van der Waals surface area contributed by atoms with Crippen molar-refractivity contribution in [1.29, 1.82) is 0 Å². The molecule has 0 saturated carbocycles. The van der Waals surface area contributed by atoms with E-state index >= 15 is 0 Å². The van der Waals surface area contributed by atoms with Gasteiger partial charge >= 0.3 is 0 Å². The molecule has 1 heterocycles. The molecule has 0 saturated heterocycles. The smallest absolute Gasteiger partial charge is 0.289 e. The van der Waals surface area contributed by atoms with Crippen LogP contribution < -0.4 is 5.32 Å². The highest BCUT2D eigenvalue weighted by atomic mass is 35.6. The Kier molecular flexibility index (Phi) is 5.13. The molecule has 0 unspecified atom stereocenters. The van der Waals surface area contributed by atoms with Crippen molar-refractivity contribution in [2.75, 3.05) is 0 Å². The van der Waals surface area contributed by atoms with Gasteiger partial charge in [0.25, 0.3) is 5.91 Å². The first-order chi connectivity index (χ1) is 7.80. The first-order valence-corrected chi connectivity index (χ1v) is 6.00. The largest absolute Gasteiger partial charge is 0.459 e. The molecule has 1 amide bonds. The lowest BCUT2D eigenvalue weighted by atomic mass is 10.4. The maximum Gasteiger partial charge on any atom is 0.289 e. The number of carbonyl (C=O) groups is 1. The number of hydrogen-bond acceptors (Lipinski definition) is 3. The van der Waals surface area contributed by atoms with Crippen LogP contribution >= 0.6 is 34.8 Å². The highest BCUT2D eigenvalue weighted by Crippen LogP contribution is 2.31. The van der Waals surface area contributed by atoms with Gasteiger partial charge in [-0.25, -0.2) is 0 Å². The van der Waals surface area contributed by atoms with Crippen LogP contribution in [0, 0.1) is 0 Å². The second kappa shape index (κ2) is 5.96. The Morgan fingerprint density at radius 1 is 1.47 bits per heavy atom. The van der Waals surface area contributed by atoms with Crippen LogP contribution in [0.25, 0.3) is 0 Å². The van der Waals surface area contributed by atoms with Gasteiger partial charge in [0.1, 0.15) is 0 Å². The Morgan fingerprint density at radius 3 is 2.53 bits per heavy atom. The monoisotopic (exact) mass is 299 g/mol. The van der Waals surface area contributed by atoms with Crippen LogP contribution in [-0.2, 0) is 4.74 Å². The van der Waals surface area contributed by atoms with Crippen molar-refractivity contribution in [1.82, 2.24) is 5.32 Å². The molecule has 1 aromatic heterocycles. The van der Waals surface area contributed by atoms with Gasteiger partial charge in [0, 0.05) is 0 Å². The first kappa shape index (κ1) is 14.6. The Morgan fingerprint density at radius 2 is 2.12 bits per heavy atom. The summed E-state index contributed by atoms with van der Waals surface area (Å²) in [7, 11) is 0. The maximum absolute atomic E-state index is 11.7. The molecule has 1 N–H and O–H groups in total. The van der Waals surface area contributed by atoms with E-state index in [1.807, 2.05) is 0 Å². The molecular weight excluding hydrogens is 288 g/mol. The molecule has 7 heteroatoms. The molecule has 96 valence electrons. The van der Waals surface area contributed by atoms with E-state index in [2.05, 4.69) is 5.32 Å². The Labute approximate surface area is 114 Å². The van der Waals surface area contributed by atoms with Crippen LogP contribution in [0.1, 0.15) is 24.4 Å². The van der Waals surface area contributed by atoms with Gasteiger partial charge < -0.3 is 14.5 Å². The fourth-order valence-corrected chi connectivity index (χ4v) is 1.38. The van der Waals surface area contributed by atoms with E-state index in [1.165, 1.54) is 12.3 Å². The molecule has 4 nitrogen and oxygen atoms in total. The van der Waals surface area contributed by atoms with Crippen LogP contribution in [-0.4, -0.2) is 22.0 Å². The first-order valence-electron chi connectivity index (χ1n) is 4.87. The summed E-state index contributed by atoms with van der Waals surface area (Å²) in [5.74, 6) is -0.386. The van der Waals surface area contributed by atoms with Gasteiger partial charge in [-0.05, 0) is 26.0 Å². The highest BCUT2D eigenvalue weighted by molar-refractivity contribution is 6.68. The van der Waals surface area contributed by atoms with Crippen molar-refractivity contribution in [3.63, 3.8) is 0 Å². The molecule has 1 aromatic rings. The molecule has 0 spiro atoms. The number of carbonyl (C=O) groups excluding carboxylic acids is 1. The quantitative estimate of drug-likeness (QED) is 0.686. The summed E-state index contributed by atoms with van der Waals surface area (Å²) in [4.78, 5) is 11.7. The molecule has 0 fully saturated rings. The minimum absolute atomic E-state index is 0.122. The van der Waals surface area contributed by atoms with E-state index in [9.17, 15) is 4.79 Å².